The lowest BCUT2D eigenvalue weighted by Crippen LogP contribution is -2.43. The second-order valence-corrected chi connectivity index (χ2v) is 9.40. The Kier molecular flexibility index (Phi) is 7.57. The molecule has 2 aliphatic rings. The molecule has 6 nitrogen and oxygen atoms in total. The molecule has 6 atom stereocenters. The van der Waals surface area contributed by atoms with Crippen LogP contribution in [0.2, 0.25) is 0 Å². The fourth-order valence-corrected chi connectivity index (χ4v) is 4.54. The molecule has 0 aromatic heterocycles. The fourth-order valence-electron chi connectivity index (χ4n) is 4.54. The van der Waals surface area contributed by atoms with Gasteiger partial charge in [0.25, 0.3) is 0 Å². The summed E-state index contributed by atoms with van der Waals surface area (Å²) in [6.45, 7) is 9.19. The van der Waals surface area contributed by atoms with Gasteiger partial charge >= 0.3 is 11.9 Å². The summed E-state index contributed by atoms with van der Waals surface area (Å²) in [5.41, 5.74) is 1.12. The van der Waals surface area contributed by atoms with E-state index >= 15 is 0 Å². The second kappa shape index (κ2) is 10.0. The summed E-state index contributed by atoms with van der Waals surface area (Å²) >= 11 is 0. The van der Waals surface area contributed by atoms with E-state index in [1.807, 2.05) is 58.0 Å². The lowest BCUT2D eigenvalue weighted by atomic mass is 9.78. The third kappa shape index (κ3) is 6.08. The van der Waals surface area contributed by atoms with Crippen LogP contribution in [0.4, 0.5) is 0 Å². The Labute approximate surface area is 190 Å². The van der Waals surface area contributed by atoms with Gasteiger partial charge in [-0.05, 0) is 43.1 Å². The van der Waals surface area contributed by atoms with E-state index in [2.05, 4.69) is 0 Å². The third-order valence-corrected chi connectivity index (χ3v) is 6.39. The highest BCUT2D eigenvalue weighted by atomic mass is 16.6. The maximum Gasteiger partial charge on any atom is 0.331 e. The van der Waals surface area contributed by atoms with E-state index < -0.39 is 35.9 Å². The number of carbonyl (C=O) groups excluding carboxylic acids is 2. The van der Waals surface area contributed by atoms with Gasteiger partial charge in [-0.3, -0.25) is 4.79 Å². The van der Waals surface area contributed by atoms with Crippen molar-refractivity contribution >= 4 is 18.0 Å². The molecule has 0 bridgehead atoms. The molecule has 0 spiro atoms. The Hall–Kier alpha value is -2.44. The summed E-state index contributed by atoms with van der Waals surface area (Å²) in [6, 6.07) is 9.53. The standard InChI is InChI=1S/C26H34O6/c1-16(2)25-21(30-18(4)27)13-17(3)20(28)14-23-26(5,32-23)15-22(25)31-24(29)12-11-19-9-7-6-8-10-19/h6-13,16,20-23,25,28H,14-15H2,1-5H3/t20-,21-,22+,23+,25+,26-/m1/s1. The largest absolute Gasteiger partial charge is 0.459 e. The fraction of sp³-hybridized carbons (Fsp3) is 0.538. The number of fused-ring (bicyclic) bond motifs is 1. The summed E-state index contributed by atoms with van der Waals surface area (Å²) in [6.07, 6.45) is 3.90. The number of carbonyl (C=O) groups is 2. The van der Waals surface area contributed by atoms with E-state index in [0.717, 1.165) is 11.1 Å². The van der Waals surface area contributed by atoms with E-state index in [4.69, 9.17) is 14.2 Å². The number of benzene rings is 1. The topological polar surface area (TPSA) is 85.4 Å². The van der Waals surface area contributed by atoms with Crippen molar-refractivity contribution in [2.24, 2.45) is 11.8 Å². The first-order valence-corrected chi connectivity index (χ1v) is 11.2. The van der Waals surface area contributed by atoms with E-state index in [9.17, 15) is 14.7 Å². The molecule has 1 saturated heterocycles. The number of hydrogen-bond acceptors (Lipinski definition) is 6. The predicted molar refractivity (Wildman–Crippen MR) is 122 cm³/mol. The molecule has 0 amide bonds. The van der Waals surface area contributed by atoms with E-state index in [1.165, 1.54) is 13.0 Å². The van der Waals surface area contributed by atoms with Crippen LogP contribution >= 0.6 is 0 Å². The average Bonchev–Trinajstić information content (AvgIpc) is 3.34. The van der Waals surface area contributed by atoms with Crippen molar-refractivity contribution in [3.8, 4) is 0 Å². The molecular weight excluding hydrogens is 408 g/mol. The first-order valence-electron chi connectivity index (χ1n) is 11.2. The van der Waals surface area contributed by atoms with Crippen LogP contribution < -0.4 is 0 Å². The van der Waals surface area contributed by atoms with Crippen molar-refractivity contribution in [3.05, 3.63) is 53.6 Å². The SMILES string of the molecule is CC(=O)O[C@@H]1C=C(C)[C@H](O)C[C@@H]2O[C@]2(C)C[C@H](OC(=O)C=Cc2ccccc2)[C@H]1C(C)C. The summed E-state index contributed by atoms with van der Waals surface area (Å²) in [5.74, 6) is -1.13. The zero-order valence-corrected chi connectivity index (χ0v) is 19.5. The highest BCUT2D eigenvalue weighted by Gasteiger charge is 2.56. The lowest BCUT2D eigenvalue weighted by Gasteiger charge is -2.36. The first-order chi connectivity index (χ1) is 15.1. The number of esters is 2. The van der Waals surface area contributed by atoms with Crippen molar-refractivity contribution in [1.82, 2.24) is 0 Å². The van der Waals surface area contributed by atoms with Crippen molar-refractivity contribution in [2.45, 2.75) is 77.5 Å². The summed E-state index contributed by atoms with van der Waals surface area (Å²) in [7, 11) is 0. The number of aliphatic hydroxyl groups excluding tert-OH is 1. The number of ether oxygens (including phenoxy) is 3. The van der Waals surface area contributed by atoms with Crippen molar-refractivity contribution in [2.75, 3.05) is 0 Å². The Morgan fingerprint density at radius 2 is 1.91 bits per heavy atom. The van der Waals surface area contributed by atoms with Gasteiger partial charge in [-0.1, -0.05) is 44.2 Å². The first kappa shape index (κ1) is 24.2. The van der Waals surface area contributed by atoms with Gasteiger partial charge in [0, 0.05) is 31.8 Å². The number of aliphatic hydroxyl groups is 1. The highest BCUT2D eigenvalue weighted by Crippen LogP contribution is 2.47. The predicted octanol–water partition coefficient (Wildman–Crippen LogP) is 4.07. The van der Waals surface area contributed by atoms with Crippen LogP contribution in [0.25, 0.3) is 6.08 Å². The van der Waals surface area contributed by atoms with Crippen molar-refractivity contribution < 1.29 is 28.9 Å². The normalized spacial score (nSPS) is 32.7. The quantitative estimate of drug-likeness (QED) is 0.320. The maximum atomic E-state index is 12.8. The van der Waals surface area contributed by atoms with E-state index in [0.29, 0.717) is 12.8 Å². The van der Waals surface area contributed by atoms with Gasteiger partial charge in [0.1, 0.15) is 12.2 Å². The molecule has 1 aromatic rings. The Morgan fingerprint density at radius 1 is 1.22 bits per heavy atom. The molecule has 1 aliphatic heterocycles. The minimum Gasteiger partial charge on any atom is -0.459 e. The molecule has 0 radical (unpaired) electrons. The molecular formula is C26H34O6. The van der Waals surface area contributed by atoms with Gasteiger partial charge in [-0.15, -0.1) is 0 Å². The van der Waals surface area contributed by atoms with Crippen LogP contribution in [0.1, 0.15) is 53.0 Å². The lowest BCUT2D eigenvalue weighted by molar-refractivity contribution is -0.158. The highest BCUT2D eigenvalue weighted by molar-refractivity contribution is 5.87. The van der Waals surface area contributed by atoms with E-state index in [1.54, 1.807) is 12.2 Å². The Balaban J connectivity index is 1.91. The molecule has 1 N–H and O–H groups in total. The van der Waals surface area contributed by atoms with Crippen LogP contribution in [0, 0.1) is 11.8 Å². The van der Waals surface area contributed by atoms with Crippen LogP contribution in [0.15, 0.2) is 48.1 Å². The van der Waals surface area contributed by atoms with Gasteiger partial charge in [0.2, 0.25) is 0 Å². The van der Waals surface area contributed by atoms with Crippen LogP contribution in [-0.2, 0) is 23.8 Å². The summed E-state index contributed by atoms with van der Waals surface area (Å²) < 4.78 is 17.6. The molecule has 6 heteroatoms. The molecule has 1 heterocycles. The molecule has 1 fully saturated rings. The number of rotatable bonds is 5. The van der Waals surface area contributed by atoms with Crippen molar-refractivity contribution in [3.63, 3.8) is 0 Å². The molecule has 1 aliphatic carbocycles. The second-order valence-electron chi connectivity index (χ2n) is 9.40. The molecule has 3 rings (SSSR count). The number of hydrogen-bond donors (Lipinski definition) is 1. The molecule has 0 unspecified atom stereocenters. The molecule has 174 valence electrons. The molecule has 1 aromatic carbocycles. The van der Waals surface area contributed by atoms with Crippen LogP contribution in [0.5, 0.6) is 0 Å². The molecule has 0 saturated carbocycles. The molecule has 32 heavy (non-hydrogen) atoms. The Bertz CT molecular complexity index is 874. The van der Waals surface area contributed by atoms with Crippen LogP contribution in [-0.4, -0.2) is 47.1 Å². The van der Waals surface area contributed by atoms with Crippen molar-refractivity contribution in [1.29, 1.82) is 0 Å². The average molecular weight is 443 g/mol. The van der Waals surface area contributed by atoms with Gasteiger partial charge in [-0.25, -0.2) is 4.79 Å². The zero-order valence-electron chi connectivity index (χ0n) is 19.5. The maximum absolute atomic E-state index is 12.8. The Morgan fingerprint density at radius 3 is 2.53 bits per heavy atom. The van der Waals surface area contributed by atoms with Gasteiger partial charge in [0.05, 0.1) is 17.8 Å². The zero-order chi connectivity index (χ0) is 23.5. The van der Waals surface area contributed by atoms with Gasteiger partial charge in [-0.2, -0.15) is 0 Å². The smallest absolute Gasteiger partial charge is 0.331 e. The van der Waals surface area contributed by atoms with Gasteiger partial charge in [0.15, 0.2) is 0 Å². The third-order valence-electron chi connectivity index (χ3n) is 6.39. The van der Waals surface area contributed by atoms with Gasteiger partial charge < -0.3 is 19.3 Å². The summed E-state index contributed by atoms with van der Waals surface area (Å²) in [4.78, 5) is 24.6. The minimum absolute atomic E-state index is 0.0386. The monoisotopic (exact) mass is 442 g/mol. The van der Waals surface area contributed by atoms with Crippen LogP contribution in [0.3, 0.4) is 0 Å². The minimum atomic E-state index is -0.680. The number of epoxide rings is 1. The summed E-state index contributed by atoms with van der Waals surface area (Å²) in [5, 5.41) is 10.6. The van der Waals surface area contributed by atoms with E-state index in [-0.39, 0.29) is 17.9 Å².